The molecule has 2 aromatic heterocycles. The van der Waals surface area contributed by atoms with Gasteiger partial charge in [-0.2, -0.15) is 5.26 Å². The molecule has 0 fully saturated rings. The summed E-state index contributed by atoms with van der Waals surface area (Å²) in [5.41, 5.74) is 8.71. The van der Waals surface area contributed by atoms with Gasteiger partial charge in [-0.3, -0.25) is 0 Å². The van der Waals surface area contributed by atoms with Crippen molar-refractivity contribution in [3.63, 3.8) is 0 Å². The SMILES string of the molecule is Cc1cc(-c2sc(C#N)c(N)c2C)sc1Br. The van der Waals surface area contributed by atoms with Gasteiger partial charge in [-0.15, -0.1) is 22.7 Å². The molecule has 0 amide bonds. The van der Waals surface area contributed by atoms with Crippen LogP contribution in [-0.2, 0) is 0 Å². The van der Waals surface area contributed by atoms with E-state index in [-0.39, 0.29) is 0 Å². The maximum absolute atomic E-state index is 8.94. The first kappa shape index (κ1) is 11.6. The van der Waals surface area contributed by atoms with E-state index in [9.17, 15) is 0 Å². The minimum Gasteiger partial charge on any atom is -0.397 e. The van der Waals surface area contributed by atoms with Crippen LogP contribution >= 0.6 is 38.6 Å². The van der Waals surface area contributed by atoms with Crippen LogP contribution in [0.3, 0.4) is 0 Å². The van der Waals surface area contributed by atoms with Crippen LogP contribution in [-0.4, -0.2) is 0 Å². The quantitative estimate of drug-likeness (QED) is 0.853. The van der Waals surface area contributed by atoms with Crippen LogP contribution in [0.2, 0.25) is 0 Å². The van der Waals surface area contributed by atoms with Crippen molar-refractivity contribution >= 4 is 44.3 Å². The molecule has 2 rings (SSSR count). The predicted octanol–water partition coefficient (Wildman–Crippen LogP) is 4.31. The van der Waals surface area contributed by atoms with Crippen LogP contribution in [0.4, 0.5) is 5.69 Å². The van der Waals surface area contributed by atoms with Gasteiger partial charge in [0.2, 0.25) is 0 Å². The maximum Gasteiger partial charge on any atom is 0.128 e. The van der Waals surface area contributed by atoms with Crippen molar-refractivity contribution in [1.82, 2.24) is 0 Å². The van der Waals surface area contributed by atoms with Crippen molar-refractivity contribution in [2.75, 3.05) is 5.73 Å². The van der Waals surface area contributed by atoms with Gasteiger partial charge in [0.1, 0.15) is 10.9 Å². The van der Waals surface area contributed by atoms with Gasteiger partial charge < -0.3 is 5.73 Å². The topological polar surface area (TPSA) is 49.8 Å². The van der Waals surface area contributed by atoms with Gasteiger partial charge in [0.05, 0.1) is 14.4 Å². The molecule has 0 atom stereocenters. The molecule has 0 aliphatic heterocycles. The number of rotatable bonds is 1. The van der Waals surface area contributed by atoms with Crippen LogP contribution in [0.1, 0.15) is 16.0 Å². The first-order chi connectivity index (χ1) is 7.54. The molecular formula is C11H9BrN2S2. The summed E-state index contributed by atoms with van der Waals surface area (Å²) in [6, 6.07) is 4.25. The molecule has 0 aliphatic carbocycles. The van der Waals surface area contributed by atoms with Crippen molar-refractivity contribution in [2.24, 2.45) is 0 Å². The monoisotopic (exact) mass is 312 g/mol. The van der Waals surface area contributed by atoms with Crippen molar-refractivity contribution in [1.29, 1.82) is 5.26 Å². The van der Waals surface area contributed by atoms with E-state index in [2.05, 4.69) is 35.0 Å². The zero-order valence-corrected chi connectivity index (χ0v) is 12.0. The van der Waals surface area contributed by atoms with Crippen LogP contribution in [0.5, 0.6) is 0 Å². The number of nitrogen functional groups attached to an aromatic ring is 1. The van der Waals surface area contributed by atoms with Gasteiger partial charge in [0, 0.05) is 4.88 Å². The van der Waals surface area contributed by atoms with Crippen LogP contribution in [0.25, 0.3) is 9.75 Å². The highest BCUT2D eigenvalue weighted by molar-refractivity contribution is 9.11. The van der Waals surface area contributed by atoms with Gasteiger partial charge in [-0.05, 0) is 47.0 Å². The summed E-state index contributed by atoms with van der Waals surface area (Å²) < 4.78 is 1.13. The molecular weight excluding hydrogens is 304 g/mol. The first-order valence-corrected chi connectivity index (χ1v) is 7.02. The van der Waals surface area contributed by atoms with E-state index in [0.29, 0.717) is 10.6 Å². The van der Waals surface area contributed by atoms with E-state index in [1.54, 1.807) is 11.3 Å². The Labute approximate surface area is 110 Å². The van der Waals surface area contributed by atoms with E-state index < -0.39 is 0 Å². The lowest BCUT2D eigenvalue weighted by molar-refractivity contribution is 1.49. The third-order valence-corrected chi connectivity index (χ3v) is 5.90. The smallest absolute Gasteiger partial charge is 0.128 e. The summed E-state index contributed by atoms with van der Waals surface area (Å²) in [7, 11) is 0. The van der Waals surface area contributed by atoms with Gasteiger partial charge in [-0.25, -0.2) is 0 Å². The molecule has 16 heavy (non-hydrogen) atoms. The highest BCUT2D eigenvalue weighted by Gasteiger charge is 2.15. The van der Waals surface area contributed by atoms with Gasteiger partial charge in [0.25, 0.3) is 0 Å². The second-order valence-electron chi connectivity index (χ2n) is 3.48. The molecule has 0 saturated carbocycles. The molecule has 0 unspecified atom stereocenters. The average Bonchev–Trinajstić information content (AvgIpc) is 2.72. The predicted molar refractivity (Wildman–Crippen MR) is 73.9 cm³/mol. The number of thiophene rings is 2. The third kappa shape index (κ3) is 1.77. The summed E-state index contributed by atoms with van der Waals surface area (Å²) in [4.78, 5) is 2.88. The summed E-state index contributed by atoms with van der Waals surface area (Å²) in [5, 5.41) is 8.94. The molecule has 0 aliphatic rings. The molecule has 82 valence electrons. The summed E-state index contributed by atoms with van der Waals surface area (Å²) >= 11 is 6.65. The Hall–Kier alpha value is -0.830. The van der Waals surface area contributed by atoms with Gasteiger partial charge in [0.15, 0.2) is 0 Å². The summed E-state index contributed by atoms with van der Waals surface area (Å²) in [5.74, 6) is 0. The highest BCUT2D eigenvalue weighted by Crippen LogP contribution is 2.43. The Morgan fingerprint density at radius 2 is 2.06 bits per heavy atom. The van der Waals surface area contributed by atoms with E-state index in [4.69, 9.17) is 11.0 Å². The van der Waals surface area contributed by atoms with Crippen LogP contribution < -0.4 is 5.73 Å². The Balaban J connectivity index is 2.61. The second-order valence-corrected chi connectivity index (χ2v) is 6.87. The van der Waals surface area contributed by atoms with E-state index >= 15 is 0 Å². The lowest BCUT2D eigenvalue weighted by atomic mass is 10.2. The zero-order valence-electron chi connectivity index (χ0n) is 8.80. The van der Waals surface area contributed by atoms with Crippen molar-refractivity contribution < 1.29 is 0 Å². The number of anilines is 1. The fourth-order valence-corrected chi connectivity index (χ4v) is 4.13. The average molecular weight is 313 g/mol. The number of nitrogens with zero attached hydrogens (tertiary/aromatic N) is 1. The molecule has 0 aromatic carbocycles. The Morgan fingerprint density at radius 3 is 2.50 bits per heavy atom. The number of halogens is 1. The Morgan fingerprint density at radius 1 is 1.38 bits per heavy atom. The van der Waals surface area contributed by atoms with E-state index in [1.807, 2.05) is 6.92 Å². The molecule has 2 aromatic rings. The normalized spacial score (nSPS) is 10.4. The Bertz CT molecular complexity index is 570. The molecule has 2 N–H and O–H groups in total. The number of nitrogens with two attached hydrogens (primary N) is 1. The van der Waals surface area contributed by atoms with Crippen molar-refractivity contribution in [2.45, 2.75) is 13.8 Å². The lowest BCUT2D eigenvalue weighted by Gasteiger charge is -1.94. The van der Waals surface area contributed by atoms with Crippen LogP contribution in [0, 0.1) is 25.2 Å². The fourth-order valence-electron chi connectivity index (χ4n) is 1.42. The third-order valence-electron chi connectivity index (χ3n) is 2.38. The molecule has 0 bridgehead atoms. The largest absolute Gasteiger partial charge is 0.397 e. The minimum atomic E-state index is 0.606. The zero-order chi connectivity index (χ0) is 11.9. The van der Waals surface area contributed by atoms with Crippen molar-refractivity contribution in [3.8, 4) is 15.8 Å². The molecule has 0 spiro atoms. The maximum atomic E-state index is 8.94. The molecule has 5 heteroatoms. The summed E-state index contributed by atoms with van der Waals surface area (Å²) in [6.07, 6.45) is 0. The number of hydrogen-bond acceptors (Lipinski definition) is 4. The number of aryl methyl sites for hydroxylation is 1. The Kier molecular flexibility index (Phi) is 3.06. The molecule has 0 radical (unpaired) electrons. The highest BCUT2D eigenvalue weighted by atomic mass is 79.9. The second kappa shape index (κ2) is 4.21. The molecule has 2 heterocycles. The minimum absolute atomic E-state index is 0.606. The number of hydrogen-bond donors (Lipinski definition) is 1. The summed E-state index contributed by atoms with van der Waals surface area (Å²) in [6.45, 7) is 4.02. The fraction of sp³-hybridized carbons (Fsp3) is 0.182. The standard InChI is InChI=1S/C11H9BrN2S2/c1-5-3-7(16-11(5)12)10-6(2)9(14)8(4-13)15-10/h3H,14H2,1-2H3. The first-order valence-electron chi connectivity index (χ1n) is 4.60. The lowest BCUT2D eigenvalue weighted by Crippen LogP contribution is -1.86. The van der Waals surface area contributed by atoms with E-state index in [0.717, 1.165) is 14.2 Å². The molecule has 2 nitrogen and oxygen atoms in total. The van der Waals surface area contributed by atoms with Gasteiger partial charge >= 0.3 is 0 Å². The number of nitriles is 1. The van der Waals surface area contributed by atoms with E-state index in [1.165, 1.54) is 21.8 Å². The molecule has 0 saturated heterocycles. The van der Waals surface area contributed by atoms with Crippen molar-refractivity contribution in [3.05, 3.63) is 25.9 Å². The van der Waals surface area contributed by atoms with Crippen LogP contribution in [0.15, 0.2) is 9.85 Å². The van der Waals surface area contributed by atoms with Gasteiger partial charge in [-0.1, -0.05) is 0 Å².